The summed E-state index contributed by atoms with van der Waals surface area (Å²) in [6.45, 7) is 4.56. The summed E-state index contributed by atoms with van der Waals surface area (Å²) in [5.74, 6) is -0.118. The maximum absolute atomic E-state index is 8.95. The van der Waals surface area contributed by atoms with E-state index in [0.29, 0.717) is 20.1 Å². The number of rotatable bonds is 0. The molecule has 2 aromatic rings. The van der Waals surface area contributed by atoms with Crippen LogP contribution in [0, 0.1) is 0 Å². The zero-order chi connectivity index (χ0) is 19.7. The molecular formula is C16H16Cl6N2O2. The third-order valence-electron chi connectivity index (χ3n) is 2.94. The first-order valence-corrected chi connectivity index (χ1v) is 9.57. The Bertz CT molecular complexity index is 559. The van der Waals surface area contributed by atoms with Gasteiger partial charge in [-0.2, -0.15) is 0 Å². The minimum Gasteiger partial charge on any atom is -0.506 e. The summed E-state index contributed by atoms with van der Waals surface area (Å²) in [4.78, 5) is 0. The minimum absolute atomic E-state index is 0.0592. The van der Waals surface area contributed by atoms with E-state index >= 15 is 0 Å². The number of halogens is 6. The Morgan fingerprint density at radius 1 is 0.500 bits per heavy atom. The van der Waals surface area contributed by atoms with Gasteiger partial charge in [-0.1, -0.05) is 69.6 Å². The van der Waals surface area contributed by atoms with Crippen LogP contribution >= 0.6 is 69.6 Å². The topological polar surface area (TPSA) is 64.5 Å². The minimum atomic E-state index is -0.0592. The second-order valence-electron chi connectivity index (χ2n) is 4.94. The lowest BCUT2D eigenvalue weighted by atomic mass is 10.3. The highest BCUT2D eigenvalue weighted by atomic mass is 35.5. The fourth-order valence-electron chi connectivity index (χ4n) is 1.63. The Balaban J connectivity index is 0.000000201. The van der Waals surface area contributed by atoms with E-state index in [0.717, 1.165) is 26.2 Å². The second kappa shape index (κ2) is 12.2. The first kappa shape index (κ1) is 23.7. The van der Waals surface area contributed by atoms with Gasteiger partial charge in [-0.3, -0.25) is 0 Å². The maximum Gasteiger partial charge on any atom is 0.135 e. The van der Waals surface area contributed by atoms with Gasteiger partial charge in [0.25, 0.3) is 0 Å². The van der Waals surface area contributed by atoms with Crippen LogP contribution in [-0.4, -0.2) is 36.4 Å². The van der Waals surface area contributed by atoms with Gasteiger partial charge in [-0.05, 0) is 12.1 Å². The van der Waals surface area contributed by atoms with E-state index in [-0.39, 0.29) is 21.5 Å². The summed E-state index contributed by atoms with van der Waals surface area (Å²) < 4.78 is 0. The molecule has 1 aliphatic heterocycles. The van der Waals surface area contributed by atoms with Crippen molar-refractivity contribution in [2.24, 2.45) is 0 Å². The van der Waals surface area contributed by atoms with Crippen LogP contribution in [0.1, 0.15) is 0 Å². The van der Waals surface area contributed by atoms with Crippen LogP contribution in [0.25, 0.3) is 0 Å². The van der Waals surface area contributed by atoms with Gasteiger partial charge in [-0.15, -0.1) is 0 Å². The van der Waals surface area contributed by atoms with E-state index in [9.17, 15) is 0 Å². The number of hydrogen-bond donors (Lipinski definition) is 4. The molecule has 0 spiro atoms. The first-order chi connectivity index (χ1) is 12.2. The standard InChI is InChI=1S/2C6H3Cl3O.C4H10N2/c2*7-3-1-5(9)6(10)2-4(3)8;1-2-6-4-3-5-1/h2*1-2,10H;5-6H,1-4H2. The molecule has 0 amide bonds. The van der Waals surface area contributed by atoms with Crippen LogP contribution in [0.3, 0.4) is 0 Å². The highest BCUT2D eigenvalue weighted by Gasteiger charge is 2.03. The highest BCUT2D eigenvalue weighted by Crippen LogP contribution is 2.33. The zero-order valence-electron chi connectivity index (χ0n) is 13.3. The van der Waals surface area contributed by atoms with Crippen molar-refractivity contribution in [1.82, 2.24) is 10.6 Å². The molecule has 0 aromatic heterocycles. The maximum atomic E-state index is 8.95. The molecule has 0 unspecified atom stereocenters. The summed E-state index contributed by atoms with van der Waals surface area (Å²) in [5, 5.41) is 26.0. The predicted octanol–water partition coefficient (Wildman–Crippen LogP) is 5.88. The molecule has 2 aromatic carbocycles. The van der Waals surface area contributed by atoms with Gasteiger partial charge in [0.2, 0.25) is 0 Å². The largest absolute Gasteiger partial charge is 0.506 e. The summed E-state index contributed by atoms with van der Waals surface area (Å²) in [6.07, 6.45) is 0. The molecule has 0 bridgehead atoms. The Morgan fingerprint density at radius 3 is 1.00 bits per heavy atom. The Kier molecular flexibility index (Phi) is 11.2. The van der Waals surface area contributed by atoms with Gasteiger partial charge in [0.15, 0.2) is 0 Å². The molecule has 144 valence electrons. The van der Waals surface area contributed by atoms with Gasteiger partial charge >= 0.3 is 0 Å². The molecule has 4 N–H and O–H groups in total. The normalized spacial score (nSPS) is 13.2. The molecule has 26 heavy (non-hydrogen) atoms. The molecule has 0 atom stereocenters. The van der Waals surface area contributed by atoms with Crippen LogP contribution in [0.5, 0.6) is 11.5 Å². The number of aromatic hydroxyl groups is 2. The van der Waals surface area contributed by atoms with Gasteiger partial charge in [0, 0.05) is 38.3 Å². The lowest BCUT2D eigenvalue weighted by Crippen LogP contribution is -2.39. The Labute approximate surface area is 181 Å². The predicted molar refractivity (Wildman–Crippen MR) is 112 cm³/mol. The fraction of sp³-hybridized carbons (Fsp3) is 0.250. The van der Waals surface area contributed by atoms with Crippen LogP contribution in [0.15, 0.2) is 24.3 Å². The number of benzene rings is 2. The quantitative estimate of drug-likeness (QED) is 0.355. The molecule has 3 rings (SSSR count). The lowest BCUT2D eigenvalue weighted by molar-refractivity contribution is 0.475. The molecule has 1 aliphatic rings. The average molecular weight is 481 g/mol. The number of hydrogen-bond acceptors (Lipinski definition) is 4. The fourth-order valence-corrected chi connectivity index (χ4v) is 2.71. The molecule has 10 heteroatoms. The average Bonchev–Trinajstić information content (AvgIpc) is 2.61. The van der Waals surface area contributed by atoms with E-state index in [1.54, 1.807) is 0 Å². The third-order valence-corrected chi connectivity index (χ3v) is 4.99. The molecule has 1 heterocycles. The first-order valence-electron chi connectivity index (χ1n) is 7.30. The van der Waals surface area contributed by atoms with E-state index in [2.05, 4.69) is 10.6 Å². The van der Waals surface area contributed by atoms with Crippen molar-refractivity contribution in [3.05, 3.63) is 54.4 Å². The highest BCUT2D eigenvalue weighted by molar-refractivity contribution is 6.44. The second-order valence-corrected chi connectivity index (χ2v) is 7.38. The number of nitrogens with one attached hydrogen (secondary N) is 2. The number of piperazine rings is 1. The Morgan fingerprint density at radius 2 is 0.769 bits per heavy atom. The smallest absolute Gasteiger partial charge is 0.135 e. The molecule has 1 fully saturated rings. The van der Waals surface area contributed by atoms with Crippen molar-refractivity contribution in [1.29, 1.82) is 0 Å². The van der Waals surface area contributed by atoms with Gasteiger partial charge in [0.1, 0.15) is 11.5 Å². The van der Waals surface area contributed by atoms with Gasteiger partial charge < -0.3 is 20.8 Å². The molecule has 1 saturated heterocycles. The van der Waals surface area contributed by atoms with Crippen LogP contribution in [-0.2, 0) is 0 Å². The third kappa shape index (κ3) is 8.59. The number of phenolic OH excluding ortho intramolecular Hbond substituents is 2. The summed E-state index contributed by atoms with van der Waals surface area (Å²) in [5.41, 5.74) is 0. The van der Waals surface area contributed by atoms with Crippen LogP contribution in [0.2, 0.25) is 30.1 Å². The van der Waals surface area contributed by atoms with Gasteiger partial charge in [0.05, 0.1) is 30.1 Å². The molecule has 0 saturated carbocycles. The zero-order valence-corrected chi connectivity index (χ0v) is 17.8. The van der Waals surface area contributed by atoms with Crippen molar-refractivity contribution < 1.29 is 10.2 Å². The van der Waals surface area contributed by atoms with E-state index in [1.807, 2.05) is 0 Å². The molecular weight excluding hydrogens is 465 g/mol. The lowest BCUT2D eigenvalue weighted by Gasteiger charge is -2.11. The molecule has 0 radical (unpaired) electrons. The summed E-state index contributed by atoms with van der Waals surface area (Å²) in [7, 11) is 0. The van der Waals surface area contributed by atoms with Crippen molar-refractivity contribution >= 4 is 69.6 Å². The van der Waals surface area contributed by atoms with Crippen molar-refractivity contribution in [3.63, 3.8) is 0 Å². The van der Waals surface area contributed by atoms with E-state index in [4.69, 9.17) is 79.8 Å². The van der Waals surface area contributed by atoms with Crippen molar-refractivity contribution in [2.75, 3.05) is 26.2 Å². The molecule has 0 aliphatic carbocycles. The Hall–Kier alpha value is -0.300. The van der Waals surface area contributed by atoms with Crippen LogP contribution < -0.4 is 10.6 Å². The van der Waals surface area contributed by atoms with Gasteiger partial charge in [-0.25, -0.2) is 0 Å². The van der Waals surface area contributed by atoms with E-state index < -0.39 is 0 Å². The number of phenols is 2. The van der Waals surface area contributed by atoms with E-state index in [1.165, 1.54) is 24.3 Å². The summed E-state index contributed by atoms with van der Waals surface area (Å²) in [6, 6.07) is 5.38. The monoisotopic (exact) mass is 478 g/mol. The molecule has 4 nitrogen and oxygen atoms in total. The summed E-state index contributed by atoms with van der Waals surface area (Å²) >= 11 is 33.2. The van der Waals surface area contributed by atoms with Crippen LogP contribution in [0.4, 0.5) is 0 Å². The van der Waals surface area contributed by atoms with Crippen molar-refractivity contribution in [3.8, 4) is 11.5 Å². The SMILES string of the molecule is C1CNCCN1.Oc1cc(Cl)c(Cl)cc1Cl.Oc1cc(Cl)c(Cl)cc1Cl. The van der Waals surface area contributed by atoms with Crippen molar-refractivity contribution in [2.45, 2.75) is 0 Å².